The highest BCUT2D eigenvalue weighted by Crippen LogP contribution is 2.18. The number of hydrogen-bond acceptors (Lipinski definition) is 6. The van der Waals surface area contributed by atoms with Crippen LogP contribution in [0.2, 0.25) is 5.28 Å². The van der Waals surface area contributed by atoms with Crippen LogP contribution in [0.1, 0.15) is 19.8 Å². The third-order valence-electron chi connectivity index (χ3n) is 2.61. The number of anilines is 1. The lowest BCUT2D eigenvalue weighted by Gasteiger charge is -2.24. The number of carbonyl (C=O) groups is 1. The summed E-state index contributed by atoms with van der Waals surface area (Å²) < 4.78 is 4.90. The molecule has 1 aromatic rings. The molecule has 6 nitrogen and oxygen atoms in total. The van der Waals surface area contributed by atoms with Crippen molar-refractivity contribution in [1.82, 2.24) is 15.3 Å². The van der Waals surface area contributed by atoms with Gasteiger partial charge in [-0.2, -0.15) is 4.98 Å². The van der Waals surface area contributed by atoms with Gasteiger partial charge in [-0.05, 0) is 37.5 Å². The summed E-state index contributed by atoms with van der Waals surface area (Å²) in [5.41, 5.74) is 0. The number of ether oxygens (including phenoxy) is 1. The summed E-state index contributed by atoms with van der Waals surface area (Å²) in [6.07, 6.45) is 2.04. The summed E-state index contributed by atoms with van der Waals surface area (Å²) in [7, 11) is 0. The average molecular weight is 271 g/mol. The molecule has 0 bridgehead atoms. The Hall–Kier alpha value is -1.40. The van der Waals surface area contributed by atoms with Crippen LogP contribution in [0.3, 0.4) is 0 Å². The first-order valence-electron chi connectivity index (χ1n) is 5.84. The number of piperidine rings is 1. The zero-order valence-electron chi connectivity index (χ0n) is 10.1. The summed E-state index contributed by atoms with van der Waals surface area (Å²) in [5, 5.41) is 6.61. The molecule has 1 saturated heterocycles. The van der Waals surface area contributed by atoms with Gasteiger partial charge in [0.15, 0.2) is 0 Å². The Morgan fingerprint density at radius 2 is 2.22 bits per heavy atom. The summed E-state index contributed by atoms with van der Waals surface area (Å²) in [6, 6.07) is 1.93. The van der Waals surface area contributed by atoms with Crippen molar-refractivity contribution in [1.29, 1.82) is 0 Å². The number of hydrogen-bond donors (Lipinski definition) is 2. The minimum Gasteiger partial charge on any atom is -0.407 e. The predicted octanol–water partition coefficient (Wildman–Crippen LogP) is 1.22. The van der Waals surface area contributed by atoms with E-state index < -0.39 is 5.97 Å². The van der Waals surface area contributed by atoms with E-state index in [0.717, 1.165) is 25.9 Å². The van der Waals surface area contributed by atoms with Crippen LogP contribution in [0.25, 0.3) is 0 Å². The van der Waals surface area contributed by atoms with Gasteiger partial charge in [0, 0.05) is 19.0 Å². The van der Waals surface area contributed by atoms with Gasteiger partial charge in [-0.1, -0.05) is 0 Å². The molecule has 1 aliphatic rings. The monoisotopic (exact) mass is 270 g/mol. The molecule has 0 amide bonds. The van der Waals surface area contributed by atoms with E-state index in [-0.39, 0.29) is 11.2 Å². The molecule has 1 fully saturated rings. The first-order chi connectivity index (χ1) is 8.63. The van der Waals surface area contributed by atoms with E-state index in [0.29, 0.717) is 11.9 Å². The van der Waals surface area contributed by atoms with Crippen molar-refractivity contribution in [2.24, 2.45) is 0 Å². The Morgan fingerprint density at radius 3 is 2.89 bits per heavy atom. The lowest BCUT2D eigenvalue weighted by atomic mass is 10.1. The molecule has 1 aromatic heterocycles. The standard InChI is InChI=1S/C11H15ClN4O2/c1-7(17)18-10-6-9(15-11(12)16-10)14-8-2-4-13-5-3-8/h6,8,13H,2-5H2,1H3,(H,14,15,16). The fraction of sp³-hybridized carbons (Fsp3) is 0.545. The highest BCUT2D eigenvalue weighted by atomic mass is 35.5. The van der Waals surface area contributed by atoms with Gasteiger partial charge in [0.05, 0.1) is 0 Å². The largest absolute Gasteiger partial charge is 0.407 e. The second-order valence-corrected chi connectivity index (χ2v) is 4.46. The van der Waals surface area contributed by atoms with E-state index >= 15 is 0 Å². The van der Waals surface area contributed by atoms with Gasteiger partial charge >= 0.3 is 5.97 Å². The lowest BCUT2D eigenvalue weighted by Crippen LogP contribution is -2.35. The van der Waals surface area contributed by atoms with Crippen molar-refractivity contribution in [3.05, 3.63) is 11.3 Å². The zero-order valence-corrected chi connectivity index (χ0v) is 10.8. The van der Waals surface area contributed by atoms with Crippen LogP contribution in [0.5, 0.6) is 5.88 Å². The molecule has 0 atom stereocenters. The van der Waals surface area contributed by atoms with E-state index in [1.807, 2.05) is 0 Å². The molecule has 2 rings (SSSR count). The van der Waals surface area contributed by atoms with Crippen molar-refractivity contribution < 1.29 is 9.53 Å². The number of carbonyl (C=O) groups excluding carboxylic acids is 1. The summed E-state index contributed by atoms with van der Waals surface area (Å²) in [6.45, 7) is 3.27. The van der Waals surface area contributed by atoms with Gasteiger partial charge in [0.25, 0.3) is 0 Å². The van der Waals surface area contributed by atoms with Gasteiger partial charge < -0.3 is 15.4 Å². The number of nitrogens with zero attached hydrogens (tertiary/aromatic N) is 2. The Bertz CT molecular complexity index is 435. The quantitative estimate of drug-likeness (QED) is 0.635. The van der Waals surface area contributed by atoms with Crippen molar-refractivity contribution in [2.75, 3.05) is 18.4 Å². The number of nitrogens with one attached hydrogen (secondary N) is 2. The number of halogens is 1. The Morgan fingerprint density at radius 1 is 1.50 bits per heavy atom. The second kappa shape index (κ2) is 5.97. The number of aromatic nitrogens is 2. The third kappa shape index (κ3) is 3.82. The van der Waals surface area contributed by atoms with Crippen LogP contribution in [0.15, 0.2) is 6.07 Å². The highest BCUT2D eigenvalue weighted by molar-refractivity contribution is 6.28. The Balaban J connectivity index is 2.06. The van der Waals surface area contributed by atoms with E-state index in [1.165, 1.54) is 6.92 Å². The van der Waals surface area contributed by atoms with Gasteiger partial charge in [0.1, 0.15) is 5.82 Å². The van der Waals surface area contributed by atoms with Crippen LogP contribution >= 0.6 is 11.6 Å². The normalized spacial score (nSPS) is 16.3. The maximum absolute atomic E-state index is 10.9. The molecule has 0 saturated carbocycles. The fourth-order valence-electron chi connectivity index (χ4n) is 1.85. The van der Waals surface area contributed by atoms with Crippen LogP contribution in [0, 0.1) is 0 Å². The average Bonchev–Trinajstić information content (AvgIpc) is 2.28. The molecule has 7 heteroatoms. The van der Waals surface area contributed by atoms with Crippen molar-refractivity contribution in [3.8, 4) is 5.88 Å². The van der Waals surface area contributed by atoms with Crippen molar-refractivity contribution in [2.45, 2.75) is 25.8 Å². The van der Waals surface area contributed by atoms with Gasteiger partial charge in [-0.25, -0.2) is 4.98 Å². The molecular weight excluding hydrogens is 256 g/mol. The fourth-order valence-corrected chi connectivity index (χ4v) is 2.02. The molecule has 0 aliphatic carbocycles. The first-order valence-corrected chi connectivity index (χ1v) is 6.21. The number of esters is 1. The number of rotatable bonds is 3. The van der Waals surface area contributed by atoms with E-state index in [1.54, 1.807) is 6.07 Å². The van der Waals surface area contributed by atoms with Gasteiger partial charge in [-0.15, -0.1) is 0 Å². The van der Waals surface area contributed by atoms with Crippen LogP contribution < -0.4 is 15.4 Å². The minimum atomic E-state index is -0.433. The molecule has 0 spiro atoms. The second-order valence-electron chi connectivity index (χ2n) is 4.12. The van der Waals surface area contributed by atoms with E-state index in [4.69, 9.17) is 16.3 Å². The SMILES string of the molecule is CC(=O)Oc1cc(NC2CCNCC2)nc(Cl)n1. The maximum atomic E-state index is 10.9. The molecule has 98 valence electrons. The van der Waals surface area contributed by atoms with E-state index in [2.05, 4.69) is 20.6 Å². The summed E-state index contributed by atoms with van der Waals surface area (Å²) >= 11 is 5.79. The molecule has 18 heavy (non-hydrogen) atoms. The molecule has 2 heterocycles. The third-order valence-corrected chi connectivity index (χ3v) is 2.78. The van der Waals surface area contributed by atoms with Gasteiger partial charge in [0.2, 0.25) is 11.2 Å². The topological polar surface area (TPSA) is 76.1 Å². The summed E-state index contributed by atoms with van der Waals surface area (Å²) in [4.78, 5) is 18.8. The predicted molar refractivity (Wildman–Crippen MR) is 67.9 cm³/mol. The van der Waals surface area contributed by atoms with Gasteiger partial charge in [-0.3, -0.25) is 4.79 Å². The maximum Gasteiger partial charge on any atom is 0.309 e. The molecule has 1 aliphatic heterocycles. The van der Waals surface area contributed by atoms with Crippen molar-refractivity contribution >= 4 is 23.4 Å². The molecule has 0 unspecified atom stereocenters. The zero-order chi connectivity index (χ0) is 13.0. The van der Waals surface area contributed by atoms with Crippen LogP contribution in [0.4, 0.5) is 5.82 Å². The smallest absolute Gasteiger partial charge is 0.309 e. The molecule has 0 radical (unpaired) electrons. The van der Waals surface area contributed by atoms with E-state index in [9.17, 15) is 4.79 Å². The Labute approximate surface area is 110 Å². The molecule has 2 N–H and O–H groups in total. The summed E-state index contributed by atoms with van der Waals surface area (Å²) in [5.74, 6) is 0.315. The van der Waals surface area contributed by atoms with Crippen LogP contribution in [-0.2, 0) is 4.79 Å². The lowest BCUT2D eigenvalue weighted by molar-refractivity contribution is -0.132. The molecule has 0 aromatic carbocycles. The minimum absolute atomic E-state index is 0.0604. The first kappa shape index (κ1) is 13.0. The molecular formula is C11H15ClN4O2. The van der Waals surface area contributed by atoms with Crippen molar-refractivity contribution in [3.63, 3.8) is 0 Å². The Kier molecular flexibility index (Phi) is 4.33. The highest BCUT2D eigenvalue weighted by Gasteiger charge is 2.14. The van der Waals surface area contributed by atoms with Crippen LogP contribution in [-0.4, -0.2) is 35.1 Å².